The fraction of sp³-hybridized carbons (Fsp3) is 0.350. The van der Waals surface area contributed by atoms with Crippen LogP contribution in [0.1, 0.15) is 53.4 Å². The zero-order chi connectivity index (χ0) is 16.4. The van der Waals surface area contributed by atoms with E-state index in [0.29, 0.717) is 12.1 Å². The summed E-state index contributed by atoms with van der Waals surface area (Å²) in [4.78, 5) is 12.3. The van der Waals surface area contributed by atoms with E-state index in [2.05, 4.69) is 49.6 Å². The van der Waals surface area contributed by atoms with Gasteiger partial charge in [0, 0.05) is 25.2 Å². The summed E-state index contributed by atoms with van der Waals surface area (Å²) >= 11 is 0. The van der Waals surface area contributed by atoms with Crippen molar-refractivity contribution in [1.82, 2.24) is 10.6 Å². The maximum atomic E-state index is 12.3. The number of amides is 1. The molecule has 1 aliphatic heterocycles. The minimum absolute atomic E-state index is 0. The fourth-order valence-corrected chi connectivity index (χ4v) is 2.86. The first-order chi connectivity index (χ1) is 10.9. The Balaban J connectivity index is 0.00000208. The number of halogens is 1. The third kappa shape index (κ3) is 4.16. The molecule has 2 N–H and O–H groups in total. The Bertz CT molecular complexity index is 717. The molecule has 3 nitrogen and oxygen atoms in total. The molecule has 0 bridgehead atoms. The number of carbonyl (C=O) groups excluding carboxylic acids is 1. The Morgan fingerprint density at radius 2 is 1.71 bits per heavy atom. The number of hydrogen-bond acceptors (Lipinski definition) is 2. The van der Waals surface area contributed by atoms with Gasteiger partial charge >= 0.3 is 0 Å². The van der Waals surface area contributed by atoms with Crippen molar-refractivity contribution in [3.05, 3.63) is 70.3 Å². The molecule has 0 saturated carbocycles. The Hall–Kier alpha value is -1.84. The van der Waals surface area contributed by atoms with Crippen LogP contribution in [-0.4, -0.2) is 5.91 Å². The third-order valence-electron chi connectivity index (χ3n) is 4.37. The first-order valence-electron chi connectivity index (χ1n) is 8.13. The molecule has 0 atom stereocenters. The van der Waals surface area contributed by atoms with Crippen LogP contribution in [-0.2, 0) is 25.0 Å². The van der Waals surface area contributed by atoms with Crippen LogP contribution in [0.4, 0.5) is 0 Å². The van der Waals surface area contributed by atoms with Gasteiger partial charge in [-0.3, -0.25) is 4.79 Å². The van der Waals surface area contributed by atoms with Gasteiger partial charge in [0.05, 0.1) is 0 Å². The Morgan fingerprint density at radius 1 is 1.04 bits per heavy atom. The highest BCUT2D eigenvalue weighted by molar-refractivity contribution is 5.94. The van der Waals surface area contributed by atoms with E-state index in [1.165, 1.54) is 16.7 Å². The molecule has 0 spiro atoms. The molecule has 1 amide bonds. The maximum absolute atomic E-state index is 12.3. The van der Waals surface area contributed by atoms with Gasteiger partial charge in [-0.05, 0) is 39.8 Å². The highest BCUT2D eigenvalue weighted by atomic mass is 35.5. The standard InChI is InChI=1S/C20H24N2O.ClH/c1-20(2,3)18-8-6-15(7-9-18)19(23)22-11-14-4-5-16-12-21-13-17(16)10-14;/h4-10,21H,11-13H2,1-3H3,(H,22,23);1H. The van der Waals surface area contributed by atoms with Crippen LogP contribution in [0.25, 0.3) is 0 Å². The van der Waals surface area contributed by atoms with Crippen molar-refractivity contribution in [3.8, 4) is 0 Å². The van der Waals surface area contributed by atoms with Crippen LogP contribution in [0, 0.1) is 0 Å². The van der Waals surface area contributed by atoms with E-state index < -0.39 is 0 Å². The number of benzene rings is 2. The van der Waals surface area contributed by atoms with Gasteiger partial charge in [-0.2, -0.15) is 0 Å². The quantitative estimate of drug-likeness (QED) is 0.885. The molecular weight excluding hydrogens is 320 g/mol. The largest absolute Gasteiger partial charge is 0.348 e. The predicted molar refractivity (Wildman–Crippen MR) is 101 cm³/mol. The summed E-state index contributed by atoms with van der Waals surface area (Å²) in [5, 5.41) is 6.34. The molecule has 2 aromatic rings. The second-order valence-corrected chi connectivity index (χ2v) is 7.22. The van der Waals surface area contributed by atoms with Crippen molar-refractivity contribution in [2.45, 2.75) is 45.8 Å². The molecule has 24 heavy (non-hydrogen) atoms. The van der Waals surface area contributed by atoms with E-state index in [1.807, 2.05) is 24.3 Å². The molecule has 1 heterocycles. The molecule has 1 aliphatic rings. The number of hydrogen-bond donors (Lipinski definition) is 2. The van der Waals surface area contributed by atoms with Crippen molar-refractivity contribution in [3.63, 3.8) is 0 Å². The molecule has 0 fully saturated rings. The minimum atomic E-state index is -0.0240. The monoisotopic (exact) mass is 344 g/mol. The summed E-state index contributed by atoms with van der Waals surface area (Å²) in [6.07, 6.45) is 0. The third-order valence-corrected chi connectivity index (χ3v) is 4.37. The number of carbonyl (C=O) groups is 1. The van der Waals surface area contributed by atoms with E-state index in [9.17, 15) is 4.79 Å². The lowest BCUT2D eigenvalue weighted by Crippen LogP contribution is -2.23. The Labute approximate surface area is 150 Å². The van der Waals surface area contributed by atoms with E-state index in [1.54, 1.807) is 0 Å². The average Bonchev–Trinajstić information content (AvgIpc) is 2.99. The van der Waals surface area contributed by atoms with E-state index in [0.717, 1.165) is 18.7 Å². The van der Waals surface area contributed by atoms with Gasteiger partial charge in [-0.25, -0.2) is 0 Å². The summed E-state index contributed by atoms with van der Waals surface area (Å²) in [6.45, 7) is 8.95. The molecule has 3 rings (SSSR count). The van der Waals surface area contributed by atoms with Crippen molar-refractivity contribution in [2.24, 2.45) is 0 Å². The summed E-state index contributed by atoms with van der Waals surface area (Å²) in [7, 11) is 0. The molecular formula is C20H25ClN2O. The van der Waals surface area contributed by atoms with Crippen LogP contribution >= 0.6 is 12.4 Å². The molecule has 128 valence electrons. The maximum Gasteiger partial charge on any atom is 0.251 e. The Kier molecular flexibility index (Phi) is 5.68. The molecule has 0 unspecified atom stereocenters. The number of fused-ring (bicyclic) bond motifs is 1. The van der Waals surface area contributed by atoms with E-state index >= 15 is 0 Å². The lowest BCUT2D eigenvalue weighted by atomic mass is 9.87. The van der Waals surface area contributed by atoms with Crippen LogP contribution in [0.3, 0.4) is 0 Å². The SMILES string of the molecule is CC(C)(C)c1ccc(C(=O)NCc2ccc3c(c2)CNC3)cc1.Cl. The average molecular weight is 345 g/mol. The second kappa shape index (κ2) is 7.37. The van der Waals surface area contributed by atoms with Gasteiger partial charge in [-0.15, -0.1) is 12.4 Å². The van der Waals surface area contributed by atoms with Crippen molar-refractivity contribution in [1.29, 1.82) is 0 Å². The van der Waals surface area contributed by atoms with Crippen molar-refractivity contribution < 1.29 is 4.79 Å². The summed E-state index contributed by atoms with van der Waals surface area (Å²) in [5.41, 5.74) is 5.89. The van der Waals surface area contributed by atoms with E-state index in [4.69, 9.17) is 0 Å². The Morgan fingerprint density at radius 3 is 2.38 bits per heavy atom. The molecule has 0 saturated heterocycles. The second-order valence-electron chi connectivity index (χ2n) is 7.22. The highest BCUT2D eigenvalue weighted by Crippen LogP contribution is 2.22. The highest BCUT2D eigenvalue weighted by Gasteiger charge is 2.14. The van der Waals surface area contributed by atoms with Gasteiger partial charge in [0.1, 0.15) is 0 Å². The summed E-state index contributed by atoms with van der Waals surface area (Å²) in [6, 6.07) is 14.3. The molecule has 4 heteroatoms. The first-order valence-corrected chi connectivity index (χ1v) is 8.13. The van der Waals surface area contributed by atoms with Crippen LogP contribution in [0.15, 0.2) is 42.5 Å². The van der Waals surface area contributed by atoms with Crippen molar-refractivity contribution >= 4 is 18.3 Å². The van der Waals surface area contributed by atoms with Crippen LogP contribution in [0.5, 0.6) is 0 Å². The molecule has 2 aromatic carbocycles. The lowest BCUT2D eigenvalue weighted by molar-refractivity contribution is 0.0951. The molecule has 0 aromatic heterocycles. The van der Waals surface area contributed by atoms with Gasteiger partial charge in [0.25, 0.3) is 5.91 Å². The minimum Gasteiger partial charge on any atom is -0.348 e. The summed E-state index contributed by atoms with van der Waals surface area (Å²) < 4.78 is 0. The van der Waals surface area contributed by atoms with Gasteiger partial charge in [0.2, 0.25) is 0 Å². The fourth-order valence-electron chi connectivity index (χ4n) is 2.86. The van der Waals surface area contributed by atoms with Gasteiger partial charge in [0.15, 0.2) is 0 Å². The van der Waals surface area contributed by atoms with Crippen molar-refractivity contribution in [2.75, 3.05) is 0 Å². The smallest absolute Gasteiger partial charge is 0.251 e. The summed E-state index contributed by atoms with van der Waals surface area (Å²) in [5.74, 6) is -0.0240. The number of nitrogens with one attached hydrogen (secondary N) is 2. The van der Waals surface area contributed by atoms with Gasteiger partial charge < -0.3 is 10.6 Å². The lowest BCUT2D eigenvalue weighted by Gasteiger charge is -2.19. The van der Waals surface area contributed by atoms with Crippen LogP contribution in [0.2, 0.25) is 0 Å². The molecule has 0 aliphatic carbocycles. The zero-order valence-corrected chi connectivity index (χ0v) is 15.3. The topological polar surface area (TPSA) is 41.1 Å². The molecule has 0 radical (unpaired) electrons. The van der Waals surface area contributed by atoms with Gasteiger partial charge in [-0.1, -0.05) is 51.1 Å². The normalized spacial score (nSPS) is 13.1. The first kappa shape index (κ1) is 18.5. The number of rotatable bonds is 3. The predicted octanol–water partition coefficient (Wildman–Crippen LogP) is 3.94. The zero-order valence-electron chi connectivity index (χ0n) is 14.5. The van der Waals surface area contributed by atoms with Crippen LogP contribution < -0.4 is 10.6 Å². The van der Waals surface area contributed by atoms with E-state index in [-0.39, 0.29) is 23.7 Å².